The summed E-state index contributed by atoms with van der Waals surface area (Å²) >= 11 is 0. The monoisotopic (exact) mass is 519 g/mol. The standard InChI is InChI=1S/C30H26FN7O/c31-24-6-2-1-5-22(24)21-9-10-33-30-23(21)16-27(35-30)29-28-26(36-37-29)8-7-25(34-28)19-15-20(18-32-17-19)39-14-13-38-11-3-4-12-38/h1-2,5-10,15-18H,3-4,11-14H2,(H,33,35)(H,36,37). The van der Waals surface area contributed by atoms with Crippen molar-refractivity contribution in [1.29, 1.82) is 0 Å². The molecule has 194 valence electrons. The van der Waals surface area contributed by atoms with Gasteiger partial charge in [0.25, 0.3) is 0 Å². The molecule has 6 heterocycles. The molecular formula is C30H26FN7O. The van der Waals surface area contributed by atoms with Gasteiger partial charge < -0.3 is 9.72 Å². The third-order valence-electron chi connectivity index (χ3n) is 7.24. The number of nitrogens with one attached hydrogen (secondary N) is 2. The Morgan fingerprint density at radius 3 is 2.77 bits per heavy atom. The number of H-pyrrole nitrogens is 2. The van der Waals surface area contributed by atoms with Gasteiger partial charge in [0.1, 0.15) is 35.0 Å². The first-order chi connectivity index (χ1) is 19.2. The number of benzene rings is 1. The van der Waals surface area contributed by atoms with Crippen molar-refractivity contribution in [1.82, 2.24) is 35.0 Å². The normalized spacial score (nSPS) is 14.0. The van der Waals surface area contributed by atoms with Gasteiger partial charge in [0.2, 0.25) is 0 Å². The van der Waals surface area contributed by atoms with Crippen LogP contribution < -0.4 is 4.74 Å². The summed E-state index contributed by atoms with van der Waals surface area (Å²) in [6, 6.07) is 16.4. The Morgan fingerprint density at radius 2 is 1.87 bits per heavy atom. The number of fused-ring (bicyclic) bond motifs is 2. The maximum absolute atomic E-state index is 14.6. The van der Waals surface area contributed by atoms with Crippen LogP contribution in [-0.4, -0.2) is 61.3 Å². The maximum atomic E-state index is 14.6. The summed E-state index contributed by atoms with van der Waals surface area (Å²) in [5.41, 5.74) is 6.50. The number of aromatic amines is 2. The number of rotatable bonds is 7. The Hall–Kier alpha value is -4.63. The van der Waals surface area contributed by atoms with Gasteiger partial charge in [0, 0.05) is 35.5 Å². The van der Waals surface area contributed by atoms with Crippen LogP contribution >= 0.6 is 0 Å². The van der Waals surface area contributed by atoms with Crippen LogP contribution in [0.2, 0.25) is 0 Å². The van der Waals surface area contributed by atoms with E-state index >= 15 is 0 Å². The third-order valence-corrected chi connectivity index (χ3v) is 7.24. The average Bonchev–Trinajstić information content (AvgIpc) is 3.73. The van der Waals surface area contributed by atoms with Crippen LogP contribution in [0.5, 0.6) is 5.75 Å². The van der Waals surface area contributed by atoms with E-state index in [-0.39, 0.29) is 5.82 Å². The molecular weight excluding hydrogens is 493 g/mol. The summed E-state index contributed by atoms with van der Waals surface area (Å²) in [6.45, 7) is 3.85. The van der Waals surface area contributed by atoms with Crippen LogP contribution in [0.1, 0.15) is 12.8 Å². The SMILES string of the molecule is Fc1ccccc1-c1ccnc2[nH]c(-c3n[nH]c4ccc(-c5cncc(OCCN6CCCC6)c5)nc34)cc12. The number of nitrogens with zero attached hydrogens (tertiary/aromatic N) is 5. The first-order valence-corrected chi connectivity index (χ1v) is 13.1. The molecule has 1 aliphatic heterocycles. The van der Waals surface area contributed by atoms with E-state index in [1.807, 2.05) is 36.4 Å². The Bertz CT molecular complexity index is 1790. The van der Waals surface area contributed by atoms with Gasteiger partial charge in [0.15, 0.2) is 0 Å². The van der Waals surface area contributed by atoms with Crippen LogP contribution in [-0.2, 0) is 0 Å². The molecule has 0 unspecified atom stereocenters. The van der Waals surface area contributed by atoms with Crippen molar-refractivity contribution in [2.75, 3.05) is 26.2 Å². The Labute approximate surface area is 223 Å². The van der Waals surface area contributed by atoms with Crippen LogP contribution in [0.4, 0.5) is 4.39 Å². The highest BCUT2D eigenvalue weighted by atomic mass is 19.1. The Kier molecular flexibility index (Phi) is 5.97. The van der Waals surface area contributed by atoms with Crippen molar-refractivity contribution in [2.45, 2.75) is 12.8 Å². The number of pyridine rings is 3. The van der Waals surface area contributed by atoms with Crippen molar-refractivity contribution < 1.29 is 9.13 Å². The Morgan fingerprint density at radius 1 is 0.974 bits per heavy atom. The largest absolute Gasteiger partial charge is 0.491 e. The van der Waals surface area contributed by atoms with Gasteiger partial charge in [-0.2, -0.15) is 5.10 Å². The van der Waals surface area contributed by atoms with Crippen molar-refractivity contribution in [3.8, 4) is 39.5 Å². The number of hydrogen-bond acceptors (Lipinski definition) is 6. The highest BCUT2D eigenvalue weighted by molar-refractivity contribution is 5.99. The van der Waals surface area contributed by atoms with E-state index in [1.54, 1.807) is 30.7 Å². The highest BCUT2D eigenvalue weighted by Gasteiger charge is 2.17. The molecule has 0 aliphatic carbocycles. The van der Waals surface area contributed by atoms with E-state index in [0.717, 1.165) is 58.8 Å². The van der Waals surface area contributed by atoms with E-state index in [1.165, 1.54) is 18.9 Å². The summed E-state index contributed by atoms with van der Waals surface area (Å²) in [7, 11) is 0. The number of hydrogen-bond donors (Lipinski definition) is 2. The molecule has 8 nitrogen and oxygen atoms in total. The van der Waals surface area contributed by atoms with E-state index < -0.39 is 0 Å². The molecule has 5 aromatic heterocycles. The molecule has 39 heavy (non-hydrogen) atoms. The van der Waals surface area contributed by atoms with E-state index in [9.17, 15) is 4.39 Å². The smallest absolute Gasteiger partial charge is 0.138 e. The third kappa shape index (κ3) is 4.51. The lowest BCUT2D eigenvalue weighted by molar-refractivity contribution is 0.237. The van der Waals surface area contributed by atoms with Crippen LogP contribution in [0.3, 0.4) is 0 Å². The second-order valence-electron chi connectivity index (χ2n) is 9.76. The molecule has 0 bridgehead atoms. The van der Waals surface area contributed by atoms with E-state index in [4.69, 9.17) is 9.72 Å². The van der Waals surface area contributed by atoms with Crippen molar-refractivity contribution in [3.63, 3.8) is 0 Å². The zero-order valence-corrected chi connectivity index (χ0v) is 21.2. The minimum atomic E-state index is -0.278. The van der Waals surface area contributed by atoms with E-state index in [0.29, 0.717) is 29.0 Å². The number of halogens is 1. The molecule has 1 saturated heterocycles. The van der Waals surface area contributed by atoms with Crippen molar-refractivity contribution in [3.05, 3.63) is 79.0 Å². The quantitative estimate of drug-likeness (QED) is 0.275. The lowest BCUT2D eigenvalue weighted by Gasteiger charge is -2.15. The van der Waals surface area contributed by atoms with Crippen LogP contribution in [0.15, 0.2) is 73.2 Å². The second-order valence-corrected chi connectivity index (χ2v) is 9.76. The fourth-order valence-electron chi connectivity index (χ4n) is 5.25. The predicted molar refractivity (Wildman–Crippen MR) is 149 cm³/mol. The van der Waals surface area contributed by atoms with Crippen molar-refractivity contribution in [2.24, 2.45) is 0 Å². The lowest BCUT2D eigenvalue weighted by Crippen LogP contribution is -2.25. The molecule has 0 amide bonds. The number of ether oxygens (including phenoxy) is 1. The summed E-state index contributed by atoms with van der Waals surface area (Å²) in [6.07, 6.45) is 7.73. The highest BCUT2D eigenvalue weighted by Crippen LogP contribution is 2.34. The zero-order chi connectivity index (χ0) is 26.2. The molecule has 0 radical (unpaired) electrons. The summed E-state index contributed by atoms with van der Waals surface area (Å²) in [5.74, 6) is 0.448. The minimum absolute atomic E-state index is 0.278. The van der Waals surface area contributed by atoms with Gasteiger partial charge in [-0.25, -0.2) is 14.4 Å². The predicted octanol–water partition coefficient (Wildman–Crippen LogP) is 5.84. The molecule has 1 aliphatic rings. The summed E-state index contributed by atoms with van der Waals surface area (Å²) in [4.78, 5) is 19.6. The summed E-state index contributed by atoms with van der Waals surface area (Å²) in [5, 5.41) is 8.43. The fourth-order valence-corrected chi connectivity index (χ4v) is 5.25. The molecule has 6 aromatic rings. The van der Waals surface area contributed by atoms with E-state index in [2.05, 4.69) is 30.0 Å². The molecule has 9 heteroatoms. The lowest BCUT2D eigenvalue weighted by atomic mass is 10.0. The van der Waals surface area contributed by atoms with Crippen LogP contribution in [0.25, 0.3) is 55.8 Å². The molecule has 1 fully saturated rings. The van der Waals surface area contributed by atoms with Crippen LogP contribution in [0, 0.1) is 5.82 Å². The van der Waals surface area contributed by atoms with Gasteiger partial charge in [-0.15, -0.1) is 0 Å². The van der Waals surface area contributed by atoms with Crippen molar-refractivity contribution >= 4 is 22.1 Å². The molecule has 7 rings (SSSR count). The topological polar surface area (TPSA) is 95.6 Å². The van der Waals surface area contributed by atoms with Gasteiger partial charge in [-0.1, -0.05) is 18.2 Å². The summed E-state index contributed by atoms with van der Waals surface area (Å²) < 4.78 is 20.6. The van der Waals surface area contributed by atoms with Gasteiger partial charge in [-0.3, -0.25) is 15.0 Å². The Balaban J connectivity index is 1.21. The zero-order valence-electron chi connectivity index (χ0n) is 21.2. The van der Waals surface area contributed by atoms with Gasteiger partial charge in [-0.05, 0) is 67.9 Å². The number of aromatic nitrogens is 6. The maximum Gasteiger partial charge on any atom is 0.138 e. The molecule has 0 atom stereocenters. The average molecular weight is 520 g/mol. The first kappa shape index (κ1) is 23.5. The number of likely N-dealkylation sites (tertiary alicyclic amines) is 1. The molecule has 0 spiro atoms. The molecule has 2 N–H and O–H groups in total. The minimum Gasteiger partial charge on any atom is -0.491 e. The first-order valence-electron chi connectivity index (χ1n) is 13.1. The fraction of sp³-hybridized carbons (Fsp3) is 0.200. The molecule has 1 aromatic carbocycles. The van der Waals surface area contributed by atoms with Gasteiger partial charge >= 0.3 is 0 Å². The molecule has 0 saturated carbocycles. The second kappa shape index (κ2) is 9.92. The van der Waals surface area contributed by atoms with Gasteiger partial charge in [0.05, 0.1) is 23.1 Å².